The lowest BCUT2D eigenvalue weighted by Crippen LogP contribution is -2.52. The fourth-order valence-corrected chi connectivity index (χ4v) is 6.05. The zero-order valence-corrected chi connectivity index (χ0v) is 24.6. The van der Waals surface area contributed by atoms with Crippen LogP contribution >= 0.6 is 23.2 Å². The third-order valence-corrected chi connectivity index (χ3v) is 8.90. The second-order valence-corrected chi connectivity index (χ2v) is 11.7. The van der Waals surface area contributed by atoms with Crippen molar-refractivity contribution in [2.75, 3.05) is 17.4 Å². The first-order valence-electron chi connectivity index (χ1n) is 12.7. The van der Waals surface area contributed by atoms with Crippen LogP contribution in [0.15, 0.2) is 77.7 Å². The number of anilines is 1. The van der Waals surface area contributed by atoms with Crippen molar-refractivity contribution in [3.8, 4) is 0 Å². The van der Waals surface area contributed by atoms with Crippen molar-refractivity contribution < 1.29 is 18.0 Å². The van der Waals surface area contributed by atoms with Crippen LogP contribution in [0.2, 0.25) is 10.0 Å². The van der Waals surface area contributed by atoms with Gasteiger partial charge in [0.25, 0.3) is 10.0 Å². The topological polar surface area (TPSA) is 86.8 Å². The molecule has 7 nitrogen and oxygen atoms in total. The third-order valence-electron chi connectivity index (χ3n) is 6.35. The van der Waals surface area contributed by atoms with Gasteiger partial charge >= 0.3 is 0 Å². The van der Waals surface area contributed by atoms with Gasteiger partial charge in [0.05, 0.1) is 10.6 Å². The summed E-state index contributed by atoms with van der Waals surface area (Å²) >= 11 is 12.8. The Bertz CT molecular complexity index is 1400. The average Bonchev–Trinajstić information content (AvgIpc) is 2.93. The standard InChI is InChI=1S/C29H33Cl2N3O4S/c1-4-18-32-29(36)26(5-2)33(19-22-12-9-10-15-25(22)31)28(35)20-34(27-17-11-16-24(30)21(27)3)39(37,38)23-13-7-6-8-14-23/h6-17,26H,4-5,18-20H2,1-3H3,(H,32,36)/t26-/m1/s1. The van der Waals surface area contributed by atoms with Crippen LogP contribution in [-0.4, -0.2) is 44.3 Å². The molecular formula is C29H33Cl2N3O4S. The number of benzene rings is 3. The molecule has 0 saturated heterocycles. The smallest absolute Gasteiger partial charge is 0.264 e. The van der Waals surface area contributed by atoms with Crippen molar-refractivity contribution in [2.45, 2.75) is 51.1 Å². The van der Waals surface area contributed by atoms with Gasteiger partial charge < -0.3 is 10.2 Å². The van der Waals surface area contributed by atoms with E-state index in [1.807, 2.05) is 13.8 Å². The van der Waals surface area contributed by atoms with Gasteiger partial charge in [-0.3, -0.25) is 13.9 Å². The quantitative estimate of drug-likeness (QED) is 0.288. The van der Waals surface area contributed by atoms with E-state index in [0.29, 0.717) is 34.1 Å². The second-order valence-electron chi connectivity index (χ2n) is 9.04. The monoisotopic (exact) mass is 589 g/mol. The number of sulfonamides is 1. The Hall–Kier alpha value is -3.07. The number of nitrogens with zero attached hydrogens (tertiary/aromatic N) is 2. The van der Waals surface area contributed by atoms with Gasteiger partial charge in [0.15, 0.2) is 0 Å². The molecule has 0 fully saturated rings. The maximum atomic E-state index is 14.1. The molecule has 0 aliphatic rings. The number of nitrogens with one attached hydrogen (secondary N) is 1. The van der Waals surface area contributed by atoms with E-state index < -0.39 is 28.5 Å². The van der Waals surface area contributed by atoms with Crippen molar-refractivity contribution in [1.82, 2.24) is 10.2 Å². The van der Waals surface area contributed by atoms with E-state index in [4.69, 9.17) is 23.2 Å². The first-order chi connectivity index (χ1) is 18.6. The van der Waals surface area contributed by atoms with Gasteiger partial charge in [0, 0.05) is 23.1 Å². The van der Waals surface area contributed by atoms with Gasteiger partial charge in [0.2, 0.25) is 11.8 Å². The van der Waals surface area contributed by atoms with Crippen LogP contribution in [0.3, 0.4) is 0 Å². The van der Waals surface area contributed by atoms with Crippen molar-refractivity contribution >= 4 is 50.7 Å². The van der Waals surface area contributed by atoms with E-state index in [-0.39, 0.29) is 23.0 Å². The lowest BCUT2D eigenvalue weighted by atomic mass is 10.1. The Morgan fingerprint density at radius 2 is 1.54 bits per heavy atom. The summed E-state index contributed by atoms with van der Waals surface area (Å²) in [6.45, 7) is 5.39. The van der Waals surface area contributed by atoms with Gasteiger partial charge in [0.1, 0.15) is 12.6 Å². The van der Waals surface area contributed by atoms with E-state index in [0.717, 1.165) is 10.7 Å². The number of hydrogen-bond acceptors (Lipinski definition) is 4. The van der Waals surface area contributed by atoms with Crippen LogP contribution in [0.25, 0.3) is 0 Å². The van der Waals surface area contributed by atoms with Gasteiger partial charge in [-0.2, -0.15) is 0 Å². The fourth-order valence-electron chi connectivity index (χ4n) is 4.19. The molecule has 3 aromatic rings. The van der Waals surface area contributed by atoms with Crippen LogP contribution in [0.4, 0.5) is 5.69 Å². The summed E-state index contributed by atoms with van der Waals surface area (Å²) in [5, 5.41) is 3.67. The highest BCUT2D eigenvalue weighted by atomic mass is 35.5. The first kappa shape index (κ1) is 30.5. The highest BCUT2D eigenvalue weighted by Crippen LogP contribution is 2.31. The highest BCUT2D eigenvalue weighted by molar-refractivity contribution is 7.92. The summed E-state index contributed by atoms with van der Waals surface area (Å²) in [5.74, 6) is -0.858. The van der Waals surface area contributed by atoms with Gasteiger partial charge in [-0.05, 0) is 61.2 Å². The summed E-state index contributed by atoms with van der Waals surface area (Å²) in [6.07, 6.45) is 1.06. The van der Waals surface area contributed by atoms with E-state index in [2.05, 4.69) is 5.32 Å². The van der Waals surface area contributed by atoms with Gasteiger partial charge in [-0.25, -0.2) is 8.42 Å². The molecule has 0 unspecified atom stereocenters. The van der Waals surface area contributed by atoms with E-state index in [1.54, 1.807) is 67.6 Å². The maximum absolute atomic E-state index is 14.1. The SMILES string of the molecule is CCCNC(=O)[C@@H](CC)N(Cc1ccccc1Cl)C(=O)CN(c1cccc(Cl)c1C)S(=O)(=O)c1ccccc1. The van der Waals surface area contributed by atoms with Crippen LogP contribution in [0.1, 0.15) is 37.8 Å². The highest BCUT2D eigenvalue weighted by Gasteiger charge is 2.34. The number of amides is 2. The molecule has 0 heterocycles. The number of hydrogen-bond donors (Lipinski definition) is 1. The van der Waals surface area contributed by atoms with E-state index in [1.165, 1.54) is 17.0 Å². The molecule has 208 valence electrons. The predicted octanol–water partition coefficient (Wildman–Crippen LogP) is 5.83. The number of carbonyl (C=O) groups is 2. The van der Waals surface area contributed by atoms with E-state index >= 15 is 0 Å². The molecule has 0 radical (unpaired) electrons. The molecule has 39 heavy (non-hydrogen) atoms. The lowest BCUT2D eigenvalue weighted by molar-refractivity contribution is -0.140. The number of carbonyl (C=O) groups excluding carboxylic acids is 2. The molecule has 0 saturated carbocycles. The minimum atomic E-state index is -4.17. The zero-order chi connectivity index (χ0) is 28.6. The summed E-state index contributed by atoms with van der Waals surface area (Å²) in [7, 11) is -4.17. The minimum absolute atomic E-state index is 0.0301. The van der Waals surface area contributed by atoms with Crippen molar-refractivity contribution in [1.29, 1.82) is 0 Å². The van der Waals surface area contributed by atoms with Crippen molar-refractivity contribution in [3.63, 3.8) is 0 Å². The molecule has 0 aromatic heterocycles. The zero-order valence-electron chi connectivity index (χ0n) is 22.2. The second kappa shape index (κ2) is 13.8. The Morgan fingerprint density at radius 1 is 0.897 bits per heavy atom. The van der Waals surface area contributed by atoms with Gasteiger partial charge in [-0.15, -0.1) is 0 Å². The average molecular weight is 591 g/mol. The Morgan fingerprint density at radius 3 is 2.18 bits per heavy atom. The van der Waals surface area contributed by atoms with Crippen LogP contribution in [0.5, 0.6) is 0 Å². The molecule has 10 heteroatoms. The molecule has 1 N–H and O–H groups in total. The molecule has 1 atom stereocenters. The molecule has 2 amide bonds. The molecule has 3 rings (SSSR count). The lowest BCUT2D eigenvalue weighted by Gasteiger charge is -2.33. The molecule has 0 aliphatic carbocycles. The predicted molar refractivity (Wildman–Crippen MR) is 157 cm³/mol. The van der Waals surface area contributed by atoms with Crippen LogP contribution in [-0.2, 0) is 26.2 Å². The van der Waals surface area contributed by atoms with E-state index in [9.17, 15) is 18.0 Å². The molecule has 0 bridgehead atoms. The van der Waals surface area contributed by atoms with Crippen molar-refractivity contribution in [3.05, 3.63) is 94.0 Å². The molecule has 0 aliphatic heterocycles. The van der Waals surface area contributed by atoms with Crippen LogP contribution in [0, 0.1) is 6.92 Å². The summed E-state index contributed by atoms with van der Waals surface area (Å²) in [6, 6.07) is 19.0. The first-order valence-corrected chi connectivity index (χ1v) is 14.9. The number of halogens is 2. The number of rotatable bonds is 12. The fraction of sp³-hybridized carbons (Fsp3) is 0.310. The normalized spacial score (nSPS) is 12.0. The van der Waals surface area contributed by atoms with Crippen LogP contribution < -0.4 is 9.62 Å². The summed E-state index contributed by atoms with van der Waals surface area (Å²) in [5.41, 5.74) is 1.43. The Labute approximate surface area is 240 Å². The van der Waals surface area contributed by atoms with Gasteiger partial charge in [-0.1, -0.05) is 79.5 Å². The van der Waals surface area contributed by atoms with Crippen molar-refractivity contribution in [2.24, 2.45) is 0 Å². The minimum Gasteiger partial charge on any atom is -0.354 e. The molecule has 3 aromatic carbocycles. The Balaban J connectivity index is 2.09. The summed E-state index contributed by atoms with van der Waals surface area (Å²) < 4.78 is 28.8. The Kier molecular flexibility index (Phi) is 10.8. The largest absolute Gasteiger partial charge is 0.354 e. The summed E-state index contributed by atoms with van der Waals surface area (Å²) in [4.78, 5) is 28.6. The maximum Gasteiger partial charge on any atom is 0.264 e. The molecular weight excluding hydrogens is 557 g/mol. The third kappa shape index (κ3) is 7.32. The molecule has 0 spiro atoms.